The molecule has 0 saturated heterocycles. The quantitative estimate of drug-likeness (QED) is 0.419. The van der Waals surface area contributed by atoms with E-state index >= 15 is 0 Å². The number of hydrogen-bond donors (Lipinski definition) is 1. The number of carboxylic acids is 1. The van der Waals surface area contributed by atoms with Gasteiger partial charge in [-0.05, 0) is 59.7 Å². The van der Waals surface area contributed by atoms with Crippen molar-refractivity contribution in [2.75, 3.05) is 6.54 Å². The summed E-state index contributed by atoms with van der Waals surface area (Å²) < 4.78 is 1.85. The third-order valence-corrected chi connectivity index (χ3v) is 7.23. The summed E-state index contributed by atoms with van der Waals surface area (Å²) >= 11 is 0. The molecule has 1 aliphatic rings. The van der Waals surface area contributed by atoms with Crippen LogP contribution in [0.5, 0.6) is 0 Å². The number of aliphatic carboxylic acids is 1. The first-order valence-electron chi connectivity index (χ1n) is 12.4. The Morgan fingerprint density at radius 3 is 2.61 bits per heavy atom. The normalized spacial score (nSPS) is 14.0. The number of aromatic nitrogens is 3. The molecule has 0 radical (unpaired) electrons. The van der Waals surface area contributed by atoms with Crippen molar-refractivity contribution in [2.45, 2.75) is 52.1 Å². The second kappa shape index (κ2) is 9.93. The number of carbonyl (C=O) groups is 2. The first-order chi connectivity index (χ1) is 17.4. The Morgan fingerprint density at radius 1 is 1.06 bits per heavy atom. The van der Waals surface area contributed by atoms with Crippen molar-refractivity contribution in [2.24, 2.45) is 0 Å². The van der Waals surface area contributed by atoms with E-state index < -0.39 is 5.97 Å². The molecule has 1 amide bonds. The average Bonchev–Trinajstić information content (AvgIpc) is 3.32. The summed E-state index contributed by atoms with van der Waals surface area (Å²) in [7, 11) is 0. The highest BCUT2D eigenvalue weighted by atomic mass is 16.4. The Labute approximate surface area is 210 Å². The van der Waals surface area contributed by atoms with Crippen LogP contribution < -0.4 is 0 Å². The molecule has 36 heavy (non-hydrogen) atoms. The number of amides is 1. The lowest BCUT2D eigenvalue weighted by Crippen LogP contribution is -2.37. The third-order valence-electron chi connectivity index (χ3n) is 7.23. The van der Waals surface area contributed by atoms with Gasteiger partial charge in [0.15, 0.2) is 0 Å². The number of carbonyl (C=O) groups excluding carboxylic acids is 1. The molecule has 0 saturated carbocycles. The highest BCUT2D eigenvalue weighted by Gasteiger charge is 2.25. The standard InChI is InChI=1S/C29H30N4O3/c1-3-33-26-12-11-24(19(2)29(26)30-31-33)25(17-28(35)36)22-10-9-21-13-14-32(18-23(21)16-22)27(34)15-20-7-5-4-6-8-20/h4-12,16,25H,3,13-15,17-18H2,1-2H3,(H,35,36). The number of fused-ring (bicyclic) bond motifs is 2. The minimum atomic E-state index is -0.853. The minimum absolute atomic E-state index is 0.0241. The van der Waals surface area contributed by atoms with E-state index in [0.717, 1.165) is 51.8 Å². The van der Waals surface area contributed by atoms with Crippen LogP contribution in [0.15, 0.2) is 60.7 Å². The molecule has 5 rings (SSSR count). The maximum atomic E-state index is 13.0. The largest absolute Gasteiger partial charge is 0.481 e. The zero-order valence-electron chi connectivity index (χ0n) is 20.6. The molecular formula is C29H30N4O3. The zero-order chi connectivity index (χ0) is 25.2. The molecule has 0 bridgehead atoms. The molecule has 0 fully saturated rings. The lowest BCUT2D eigenvalue weighted by molar-refractivity contribution is -0.137. The number of benzene rings is 3. The lowest BCUT2D eigenvalue weighted by atomic mass is 9.83. The molecule has 1 unspecified atom stereocenters. The van der Waals surface area contributed by atoms with Gasteiger partial charge in [-0.2, -0.15) is 0 Å². The molecular weight excluding hydrogens is 452 g/mol. The monoisotopic (exact) mass is 482 g/mol. The molecule has 7 heteroatoms. The predicted octanol–water partition coefficient (Wildman–Crippen LogP) is 4.49. The molecule has 1 atom stereocenters. The Hall–Kier alpha value is -4.00. The van der Waals surface area contributed by atoms with Gasteiger partial charge in [0.2, 0.25) is 5.91 Å². The van der Waals surface area contributed by atoms with Crippen LogP contribution in [0.2, 0.25) is 0 Å². The van der Waals surface area contributed by atoms with Gasteiger partial charge in [-0.25, -0.2) is 4.68 Å². The van der Waals surface area contributed by atoms with Gasteiger partial charge in [0.1, 0.15) is 5.52 Å². The summed E-state index contributed by atoms with van der Waals surface area (Å²) in [6, 6.07) is 20.0. The van der Waals surface area contributed by atoms with Gasteiger partial charge >= 0.3 is 5.97 Å². The van der Waals surface area contributed by atoms with Crippen molar-refractivity contribution in [3.8, 4) is 0 Å². The highest BCUT2D eigenvalue weighted by Crippen LogP contribution is 2.35. The van der Waals surface area contributed by atoms with Crippen LogP contribution in [0.25, 0.3) is 11.0 Å². The van der Waals surface area contributed by atoms with Crippen molar-refractivity contribution in [1.29, 1.82) is 0 Å². The minimum Gasteiger partial charge on any atom is -0.481 e. The van der Waals surface area contributed by atoms with Crippen LogP contribution in [-0.4, -0.2) is 43.4 Å². The fourth-order valence-electron chi connectivity index (χ4n) is 5.26. The van der Waals surface area contributed by atoms with Crippen LogP contribution in [0, 0.1) is 6.92 Å². The average molecular weight is 483 g/mol. The first kappa shape index (κ1) is 23.7. The van der Waals surface area contributed by atoms with Gasteiger partial charge in [0.05, 0.1) is 18.4 Å². The van der Waals surface area contributed by atoms with E-state index in [1.807, 2.05) is 72.0 Å². The Bertz CT molecular complexity index is 1430. The molecule has 2 heterocycles. The van der Waals surface area contributed by atoms with Crippen molar-refractivity contribution < 1.29 is 14.7 Å². The number of aryl methyl sites for hydroxylation is 2. The topological polar surface area (TPSA) is 88.3 Å². The van der Waals surface area contributed by atoms with E-state index in [-0.39, 0.29) is 18.2 Å². The third kappa shape index (κ3) is 4.61. The summed E-state index contributed by atoms with van der Waals surface area (Å²) in [6.45, 7) is 5.96. The predicted molar refractivity (Wildman–Crippen MR) is 138 cm³/mol. The second-order valence-electron chi connectivity index (χ2n) is 9.46. The van der Waals surface area contributed by atoms with Crippen LogP contribution in [0.3, 0.4) is 0 Å². The van der Waals surface area contributed by atoms with Crippen molar-refractivity contribution in [1.82, 2.24) is 19.9 Å². The molecule has 4 aromatic rings. The number of rotatable bonds is 7. The van der Waals surface area contributed by atoms with Gasteiger partial charge in [0, 0.05) is 25.6 Å². The van der Waals surface area contributed by atoms with E-state index in [9.17, 15) is 14.7 Å². The molecule has 3 aromatic carbocycles. The molecule has 7 nitrogen and oxygen atoms in total. The van der Waals surface area contributed by atoms with Crippen LogP contribution in [0.4, 0.5) is 0 Å². The summed E-state index contributed by atoms with van der Waals surface area (Å²) in [6.07, 6.45) is 1.16. The number of nitrogens with zero attached hydrogens (tertiary/aromatic N) is 4. The van der Waals surface area contributed by atoms with Gasteiger partial charge in [-0.3, -0.25) is 9.59 Å². The van der Waals surface area contributed by atoms with E-state index in [0.29, 0.717) is 19.5 Å². The Morgan fingerprint density at radius 2 is 1.86 bits per heavy atom. The van der Waals surface area contributed by atoms with Gasteiger partial charge < -0.3 is 10.0 Å². The van der Waals surface area contributed by atoms with Crippen molar-refractivity contribution in [3.63, 3.8) is 0 Å². The Kier molecular flexibility index (Phi) is 6.55. The van der Waals surface area contributed by atoms with Crippen LogP contribution in [-0.2, 0) is 35.5 Å². The van der Waals surface area contributed by atoms with Gasteiger partial charge in [-0.15, -0.1) is 5.10 Å². The van der Waals surface area contributed by atoms with Crippen LogP contribution >= 0.6 is 0 Å². The number of carboxylic acid groups (broad SMARTS) is 1. The van der Waals surface area contributed by atoms with Gasteiger partial charge in [0.25, 0.3) is 0 Å². The summed E-state index contributed by atoms with van der Waals surface area (Å²) in [5.74, 6) is -1.06. The highest BCUT2D eigenvalue weighted by molar-refractivity contribution is 5.81. The van der Waals surface area contributed by atoms with Crippen LogP contribution in [0.1, 0.15) is 52.6 Å². The maximum Gasteiger partial charge on any atom is 0.304 e. The fourth-order valence-corrected chi connectivity index (χ4v) is 5.26. The summed E-state index contributed by atoms with van der Waals surface area (Å²) in [5.41, 5.74) is 7.91. The molecule has 184 valence electrons. The van der Waals surface area contributed by atoms with E-state index in [1.54, 1.807) is 0 Å². The molecule has 0 spiro atoms. The number of hydrogen-bond acceptors (Lipinski definition) is 4. The first-order valence-corrected chi connectivity index (χ1v) is 12.4. The van der Waals surface area contributed by atoms with E-state index in [2.05, 4.69) is 22.4 Å². The fraction of sp³-hybridized carbons (Fsp3) is 0.310. The molecule has 1 aliphatic heterocycles. The molecule has 1 aromatic heterocycles. The molecule has 0 aliphatic carbocycles. The van der Waals surface area contributed by atoms with Crippen molar-refractivity contribution >= 4 is 22.9 Å². The summed E-state index contributed by atoms with van der Waals surface area (Å²) in [5, 5.41) is 18.4. The van der Waals surface area contributed by atoms with Gasteiger partial charge in [-0.1, -0.05) is 59.8 Å². The Balaban J connectivity index is 1.45. The summed E-state index contributed by atoms with van der Waals surface area (Å²) in [4.78, 5) is 26.8. The van der Waals surface area contributed by atoms with E-state index in [1.165, 1.54) is 5.56 Å². The lowest BCUT2D eigenvalue weighted by Gasteiger charge is -2.30. The SMILES string of the molecule is CCn1nnc2c(C)c(C(CC(=O)O)c3ccc4c(c3)CN(C(=O)Cc3ccccc3)CC4)ccc21. The second-order valence-corrected chi connectivity index (χ2v) is 9.46. The maximum absolute atomic E-state index is 13.0. The van der Waals surface area contributed by atoms with E-state index in [4.69, 9.17) is 0 Å². The van der Waals surface area contributed by atoms with Crippen molar-refractivity contribution in [3.05, 3.63) is 94.0 Å². The smallest absolute Gasteiger partial charge is 0.304 e. The molecule has 1 N–H and O–H groups in total. The zero-order valence-corrected chi connectivity index (χ0v) is 20.6.